The molecule has 1 aromatic heterocycles. The average Bonchev–Trinajstić information content (AvgIpc) is 1.67. The minimum atomic E-state index is -2.35. The Labute approximate surface area is 591 Å². The van der Waals surface area contributed by atoms with Gasteiger partial charge in [0.2, 0.25) is 82.1 Å². The number of aliphatic hydroxyl groups excluding tert-OH is 3. The molecule has 4 aliphatic rings. The maximum absolute atomic E-state index is 14.9. The summed E-state index contributed by atoms with van der Waals surface area (Å²) >= 11 is 6.65. The third-order valence-electron chi connectivity index (χ3n) is 17.7. The second-order valence-electron chi connectivity index (χ2n) is 27.3. The van der Waals surface area contributed by atoms with Crippen LogP contribution in [-0.2, 0) is 89.7 Å². The molecule has 34 nitrogen and oxygen atoms in total. The number of nitrogens with one attached hydrogen (secondary N) is 9. The van der Waals surface area contributed by atoms with Crippen molar-refractivity contribution in [2.75, 3.05) is 6.61 Å². The summed E-state index contributed by atoms with van der Waals surface area (Å²) in [7, 11) is 0. The van der Waals surface area contributed by atoms with Gasteiger partial charge in [-0.25, -0.2) is 0 Å². The number of carbonyl (C=O) groups is 14. The molecule has 16 N–H and O–H groups in total. The average molecular weight is 1450 g/mol. The largest absolute Gasteiger partial charge is 0.442 e. The molecular formula is C66H102ClN15O19. The van der Waals surface area contributed by atoms with Gasteiger partial charge in [-0.05, 0) is 84.5 Å². The fourth-order valence-corrected chi connectivity index (χ4v) is 12.6. The predicted molar refractivity (Wildman–Crippen MR) is 360 cm³/mol. The number of nitrogens with two attached hydrogens (primary N) is 2. The summed E-state index contributed by atoms with van der Waals surface area (Å²) < 4.78 is 13.0. The number of fused-ring (bicyclic) bond motifs is 1. The van der Waals surface area contributed by atoms with E-state index in [-0.39, 0.29) is 93.3 Å². The Morgan fingerprint density at radius 3 is 1.61 bits per heavy atom. The fourth-order valence-electron chi connectivity index (χ4n) is 12.2. The zero-order valence-electron chi connectivity index (χ0n) is 59.1. The van der Waals surface area contributed by atoms with Crippen molar-refractivity contribution in [3.63, 3.8) is 0 Å². The minimum absolute atomic E-state index is 0.00233. The Balaban J connectivity index is 1.55. The zero-order valence-corrected chi connectivity index (χ0v) is 59.8. The smallest absolute Gasteiger partial charge is 0.307 e. The molecule has 1 spiro atoms. The van der Waals surface area contributed by atoms with Gasteiger partial charge in [-0.1, -0.05) is 96.9 Å². The Kier molecular flexibility index (Phi) is 31.3. The first-order valence-electron chi connectivity index (χ1n) is 34.6. The van der Waals surface area contributed by atoms with Gasteiger partial charge in [-0.3, -0.25) is 71.8 Å². The lowest BCUT2D eigenvalue weighted by Crippen LogP contribution is -2.62. The highest BCUT2D eigenvalue weighted by Crippen LogP contribution is 2.48. The van der Waals surface area contributed by atoms with E-state index < -0.39 is 184 Å². The highest BCUT2D eigenvalue weighted by Gasteiger charge is 2.60. The number of carbonyl (C=O) groups excluding carboxylic acids is 14. The molecule has 5 rings (SSSR count). The zero-order chi connectivity index (χ0) is 75.4. The number of nitrogens with zero attached hydrogens (tertiary/aromatic N) is 4. The molecule has 562 valence electrons. The second kappa shape index (κ2) is 38.0. The number of aliphatic hydroxyl groups is 3. The molecule has 2 saturated heterocycles. The minimum Gasteiger partial charge on any atom is -0.442 e. The van der Waals surface area contributed by atoms with E-state index in [1.165, 1.54) is 28.9 Å². The number of Topliss-reactive ketones (excluding diaryl/α,β-unsaturated/α-hetero) is 2. The van der Waals surface area contributed by atoms with Crippen LogP contribution in [0, 0.1) is 11.8 Å². The number of hydrogen-bond acceptors (Lipinski definition) is 22. The molecule has 14 atom stereocenters. The summed E-state index contributed by atoms with van der Waals surface area (Å²) in [6.07, 6.45) is 1.04. The van der Waals surface area contributed by atoms with E-state index in [1.807, 2.05) is 6.92 Å². The van der Waals surface area contributed by atoms with E-state index in [4.69, 9.17) is 32.5 Å². The SMILES string of the molecule is CCCCCCCC[C@H]1NC(=O)[C@@H](CC(C)C)NC(=O)[C@H]([C@@H](C)O)NC(=O)[C@@H](CC(C)C)NC(=O)[C@@H](CC(N)=O)NC(=O)[C@H](CC(N)=O)NC(=O)[C@H](C)NC(=O)[C@H]([C@@H](C)O)NC(=O)[C@H](CCCn2cc(CN3C=C4C(=O)[C@@](C)(OC(=O)CCC)C(=O)C(Cl)=C4[C@H](O)[C@]34CCCO4)nn2)NC1=O. The van der Waals surface area contributed by atoms with Crippen LogP contribution in [-0.4, -0.2) is 208 Å². The summed E-state index contributed by atoms with van der Waals surface area (Å²) in [5.74, 6) is -15.4. The summed E-state index contributed by atoms with van der Waals surface area (Å²) in [4.78, 5) is 196. The number of rotatable bonds is 26. The molecule has 0 bridgehead atoms. The fraction of sp³-hybridized carbons (Fsp3) is 0.697. The Bertz CT molecular complexity index is 3280. The Morgan fingerprint density at radius 2 is 1.10 bits per heavy atom. The van der Waals surface area contributed by atoms with Gasteiger partial charge in [0, 0.05) is 43.3 Å². The molecule has 35 heteroatoms. The quantitative estimate of drug-likeness (QED) is 0.0274. The molecule has 2 fully saturated rings. The van der Waals surface area contributed by atoms with Crippen molar-refractivity contribution in [3.05, 3.63) is 34.3 Å². The number of primary amides is 2. The van der Waals surface area contributed by atoms with Crippen LogP contribution in [0.25, 0.3) is 0 Å². The number of ether oxygens (including phenoxy) is 2. The van der Waals surface area contributed by atoms with Crippen molar-refractivity contribution in [3.8, 4) is 0 Å². The standard InChI is InChI=1S/C66H102ClN15O19/c1-11-13-14-15-16-17-21-40-57(92)71-41(22-18-24-82-31-38(79-80-82)30-81-32-39-49(54(89)66(81)23-19-25-100-66)50(67)55(90)65(10,53(39)88)101-48(87)20-12-2)58(93)77-51(36(8)83)63(98)70-35(7)56(91)73-44(28-46(68)85)60(95)75-45(29-47(69)86)61(96)74-43(27-34(5)6)62(97)78-52(37(9)84)64(99)76-42(26-33(3)4)59(94)72-40/h31-37,40-45,51-52,54,83-84,89H,11-30H2,1-10H3,(H2,68,85)(H2,69,86)(H,70,98)(H,71,92)(H,72,94)(H,73,91)(H,74,96)(H,75,95)(H,76,99)(H,77,93)(H,78,97)/t35-,36+,37+,40+,41-,42+,43+,44-,45+,51-,52-,54-,65+,66+/m0/s1. The number of ketones is 2. The molecule has 0 radical (unpaired) electrons. The summed E-state index contributed by atoms with van der Waals surface area (Å²) in [5, 5.41) is 64.5. The van der Waals surface area contributed by atoms with Gasteiger partial charge in [-0.15, -0.1) is 5.10 Å². The number of esters is 1. The number of amides is 11. The number of aromatic nitrogens is 3. The molecule has 0 aromatic carbocycles. The Morgan fingerprint density at radius 1 is 0.634 bits per heavy atom. The van der Waals surface area contributed by atoms with Crippen LogP contribution in [0.15, 0.2) is 28.6 Å². The van der Waals surface area contributed by atoms with Gasteiger partial charge in [-0.2, -0.15) is 0 Å². The molecule has 3 aliphatic heterocycles. The van der Waals surface area contributed by atoms with Crippen LogP contribution in [0.1, 0.15) is 184 Å². The lowest BCUT2D eigenvalue weighted by atomic mass is 9.74. The van der Waals surface area contributed by atoms with Gasteiger partial charge < -0.3 is 89.0 Å². The van der Waals surface area contributed by atoms with Crippen molar-refractivity contribution in [2.45, 2.75) is 275 Å². The molecule has 4 heterocycles. The number of hydrogen-bond donors (Lipinski definition) is 14. The van der Waals surface area contributed by atoms with E-state index in [2.05, 4.69) is 58.2 Å². The molecule has 0 unspecified atom stereocenters. The number of aryl methyl sites for hydroxylation is 1. The van der Waals surface area contributed by atoms with Gasteiger partial charge in [0.15, 0.2) is 5.72 Å². The highest BCUT2D eigenvalue weighted by molar-refractivity contribution is 6.49. The van der Waals surface area contributed by atoms with Gasteiger partial charge in [0.05, 0.1) is 42.8 Å². The topological polar surface area (TPSA) is 512 Å². The van der Waals surface area contributed by atoms with Crippen molar-refractivity contribution in [2.24, 2.45) is 23.3 Å². The summed E-state index contributed by atoms with van der Waals surface area (Å²) in [6, 6.07) is -15.1. The maximum atomic E-state index is 14.9. The van der Waals surface area contributed by atoms with E-state index in [0.717, 1.165) is 46.5 Å². The molecule has 0 saturated carbocycles. The van der Waals surface area contributed by atoms with Crippen molar-refractivity contribution < 1.29 is 91.9 Å². The lowest BCUT2D eigenvalue weighted by molar-refractivity contribution is -0.175. The molecule has 101 heavy (non-hydrogen) atoms. The van der Waals surface area contributed by atoms with Crippen LogP contribution < -0.4 is 59.3 Å². The summed E-state index contributed by atoms with van der Waals surface area (Å²) in [6.45, 7) is 15.2. The first-order valence-corrected chi connectivity index (χ1v) is 34.9. The van der Waals surface area contributed by atoms with Crippen molar-refractivity contribution in [1.29, 1.82) is 0 Å². The maximum Gasteiger partial charge on any atom is 0.307 e. The molecular weight excluding hydrogens is 1340 g/mol. The molecule has 11 amide bonds. The van der Waals surface area contributed by atoms with Crippen LogP contribution in [0.5, 0.6) is 0 Å². The van der Waals surface area contributed by atoms with E-state index >= 15 is 0 Å². The third kappa shape index (κ3) is 22.8. The monoisotopic (exact) mass is 1440 g/mol. The van der Waals surface area contributed by atoms with E-state index in [0.29, 0.717) is 25.7 Å². The van der Waals surface area contributed by atoms with Gasteiger partial charge in [0.1, 0.15) is 66.2 Å². The van der Waals surface area contributed by atoms with Gasteiger partial charge in [0.25, 0.3) is 0 Å². The highest BCUT2D eigenvalue weighted by atomic mass is 35.5. The number of halogens is 1. The normalized spacial score (nSPS) is 27.9. The molecule has 1 aliphatic carbocycles. The van der Waals surface area contributed by atoms with Gasteiger partial charge >= 0.3 is 5.97 Å². The third-order valence-corrected chi connectivity index (χ3v) is 18.0. The second-order valence-corrected chi connectivity index (χ2v) is 27.7. The van der Waals surface area contributed by atoms with Crippen LogP contribution >= 0.6 is 11.6 Å². The first kappa shape index (κ1) is 83.2. The predicted octanol–water partition coefficient (Wildman–Crippen LogP) is -1.88. The Hall–Kier alpha value is -8.47. The number of unbranched alkanes of at least 4 members (excludes halogenated alkanes) is 5. The van der Waals surface area contributed by atoms with Crippen LogP contribution in [0.2, 0.25) is 0 Å². The summed E-state index contributed by atoms with van der Waals surface area (Å²) in [5.41, 5.74) is 6.93. The first-order chi connectivity index (χ1) is 47.5. The van der Waals surface area contributed by atoms with E-state index in [1.54, 1.807) is 34.6 Å². The van der Waals surface area contributed by atoms with Crippen molar-refractivity contribution in [1.82, 2.24) is 67.7 Å². The van der Waals surface area contributed by atoms with Crippen LogP contribution in [0.4, 0.5) is 0 Å². The van der Waals surface area contributed by atoms with E-state index in [9.17, 15) is 82.4 Å². The molecule has 1 aromatic rings. The lowest BCUT2D eigenvalue weighted by Gasteiger charge is -2.49. The van der Waals surface area contributed by atoms with Crippen molar-refractivity contribution >= 4 is 94.1 Å². The van der Waals surface area contributed by atoms with Crippen LogP contribution in [0.3, 0.4) is 0 Å².